The van der Waals surface area contributed by atoms with Gasteiger partial charge in [-0.05, 0) is 31.6 Å². The lowest BCUT2D eigenvalue weighted by Gasteiger charge is -2.29. The first kappa shape index (κ1) is 14.1. The fourth-order valence-electron chi connectivity index (χ4n) is 3.00. The molecule has 1 heterocycles. The van der Waals surface area contributed by atoms with Crippen molar-refractivity contribution < 1.29 is 14.7 Å². The number of rotatable bonds is 5. The SMILES string of the molecule is O=C(N[C@H]1CCCC[C@H]1C(=O)O)c1cnn(CC2CC2)c1. The van der Waals surface area contributed by atoms with E-state index in [-0.39, 0.29) is 11.9 Å². The van der Waals surface area contributed by atoms with Crippen LogP contribution < -0.4 is 5.32 Å². The maximum atomic E-state index is 12.2. The molecule has 2 atom stereocenters. The Morgan fingerprint density at radius 1 is 1.29 bits per heavy atom. The lowest BCUT2D eigenvalue weighted by Crippen LogP contribution is -2.45. The third-order valence-corrected chi connectivity index (χ3v) is 4.44. The van der Waals surface area contributed by atoms with E-state index in [1.54, 1.807) is 12.4 Å². The van der Waals surface area contributed by atoms with Crippen LogP contribution in [-0.2, 0) is 11.3 Å². The Labute approximate surface area is 123 Å². The number of aromatic nitrogens is 2. The molecule has 2 fully saturated rings. The average Bonchev–Trinajstić information content (AvgIpc) is 3.14. The monoisotopic (exact) mass is 291 g/mol. The summed E-state index contributed by atoms with van der Waals surface area (Å²) in [5.74, 6) is -0.792. The number of carbonyl (C=O) groups is 2. The van der Waals surface area contributed by atoms with Crippen molar-refractivity contribution in [3.63, 3.8) is 0 Å². The van der Waals surface area contributed by atoms with Crippen LogP contribution in [0.2, 0.25) is 0 Å². The smallest absolute Gasteiger partial charge is 0.308 e. The van der Waals surface area contributed by atoms with Crippen molar-refractivity contribution in [2.75, 3.05) is 0 Å². The zero-order valence-corrected chi connectivity index (χ0v) is 12.0. The molecule has 2 N–H and O–H groups in total. The molecule has 1 aromatic rings. The molecule has 114 valence electrons. The van der Waals surface area contributed by atoms with Crippen molar-refractivity contribution in [3.05, 3.63) is 18.0 Å². The maximum Gasteiger partial charge on any atom is 0.308 e. The molecule has 0 saturated heterocycles. The highest BCUT2D eigenvalue weighted by Gasteiger charge is 2.32. The molecule has 2 aliphatic rings. The van der Waals surface area contributed by atoms with Gasteiger partial charge in [-0.1, -0.05) is 12.8 Å². The number of amides is 1. The van der Waals surface area contributed by atoms with Crippen molar-refractivity contribution in [3.8, 4) is 0 Å². The Balaban J connectivity index is 1.61. The van der Waals surface area contributed by atoms with Gasteiger partial charge in [0.15, 0.2) is 0 Å². The minimum atomic E-state index is -0.815. The summed E-state index contributed by atoms with van der Waals surface area (Å²) in [5.41, 5.74) is 0.519. The van der Waals surface area contributed by atoms with Crippen LogP contribution in [0.4, 0.5) is 0 Å². The van der Waals surface area contributed by atoms with Gasteiger partial charge >= 0.3 is 5.97 Å². The van der Waals surface area contributed by atoms with E-state index in [1.807, 2.05) is 4.68 Å². The molecule has 2 saturated carbocycles. The summed E-state index contributed by atoms with van der Waals surface area (Å²) in [4.78, 5) is 23.5. The number of hydrogen-bond acceptors (Lipinski definition) is 3. The predicted molar refractivity (Wildman–Crippen MR) is 75.8 cm³/mol. The molecule has 0 unspecified atom stereocenters. The van der Waals surface area contributed by atoms with Crippen LogP contribution in [0.3, 0.4) is 0 Å². The molecule has 1 amide bonds. The molecule has 0 aliphatic heterocycles. The molecule has 2 aliphatic carbocycles. The van der Waals surface area contributed by atoms with Crippen LogP contribution >= 0.6 is 0 Å². The summed E-state index contributed by atoms with van der Waals surface area (Å²) >= 11 is 0. The number of carboxylic acid groups (broad SMARTS) is 1. The Kier molecular flexibility index (Phi) is 3.94. The fraction of sp³-hybridized carbons (Fsp3) is 0.667. The molecule has 3 rings (SSSR count). The van der Waals surface area contributed by atoms with Gasteiger partial charge in [0.05, 0.1) is 17.7 Å². The van der Waals surface area contributed by atoms with Crippen molar-refractivity contribution in [1.82, 2.24) is 15.1 Å². The second kappa shape index (κ2) is 5.87. The zero-order valence-electron chi connectivity index (χ0n) is 12.0. The van der Waals surface area contributed by atoms with Crippen molar-refractivity contribution >= 4 is 11.9 Å². The largest absolute Gasteiger partial charge is 0.481 e. The number of nitrogens with zero attached hydrogens (tertiary/aromatic N) is 2. The fourth-order valence-corrected chi connectivity index (χ4v) is 3.00. The first-order chi connectivity index (χ1) is 10.1. The first-order valence-corrected chi connectivity index (χ1v) is 7.69. The highest BCUT2D eigenvalue weighted by molar-refractivity contribution is 5.94. The van der Waals surface area contributed by atoms with E-state index in [0.29, 0.717) is 17.9 Å². The Morgan fingerprint density at radius 3 is 2.76 bits per heavy atom. The van der Waals surface area contributed by atoms with E-state index < -0.39 is 11.9 Å². The Morgan fingerprint density at radius 2 is 2.05 bits per heavy atom. The summed E-state index contributed by atoms with van der Waals surface area (Å²) in [6.07, 6.45) is 9.06. The van der Waals surface area contributed by atoms with Crippen molar-refractivity contribution in [2.45, 2.75) is 51.1 Å². The molecule has 0 spiro atoms. The molecule has 6 heteroatoms. The van der Waals surface area contributed by atoms with E-state index in [4.69, 9.17) is 0 Å². The van der Waals surface area contributed by atoms with Gasteiger partial charge in [-0.25, -0.2) is 0 Å². The zero-order chi connectivity index (χ0) is 14.8. The minimum Gasteiger partial charge on any atom is -0.481 e. The molecule has 6 nitrogen and oxygen atoms in total. The standard InChI is InChI=1S/C15H21N3O3/c19-14(11-7-16-18(9-11)8-10-5-6-10)17-13-4-2-1-3-12(13)15(20)21/h7,9-10,12-13H,1-6,8H2,(H,17,19)(H,20,21)/t12-,13+/m1/s1. The molecule has 21 heavy (non-hydrogen) atoms. The van der Waals surface area contributed by atoms with E-state index in [1.165, 1.54) is 12.8 Å². The molecule has 1 aromatic heterocycles. The van der Waals surface area contributed by atoms with Gasteiger partial charge < -0.3 is 10.4 Å². The molecule has 0 aromatic carbocycles. The van der Waals surface area contributed by atoms with Crippen LogP contribution in [0.25, 0.3) is 0 Å². The number of nitrogens with one attached hydrogen (secondary N) is 1. The van der Waals surface area contributed by atoms with Crippen LogP contribution in [0.5, 0.6) is 0 Å². The van der Waals surface area contributed by atoms with Crippen LogP contribution in [0.15, 0.2) is 12.4 Å². The number of aliphatic carboxylic acids is 1. The first-order valence-electron chi connectivity index (χ1n) is 7.69. The van der Waals surface area contributed by atoms with Crippen LogP contribution in [0, 0.1) is 11.8 Å². The van der Waals surface area contributed by atoms with Crippen LogP contribution in [0.1, 0.15) is 48.9 Å². The van der Waals surface area contributed by atoms with Gasteiger partial charge in [0.1, 0.15) is 0 Å². The maximum absolute atomic E-state index is 12.2. The van der Waals surface area contributed by atoms with Gasteiger partial charge in [-0.2, -0.15) is 5.10 Å². The van der Waals surface area contributed by atoms with Gasteiger partial charge in [-0.15, -0.1) is 0 Å². The molecule has 0 radical (unpaired) electrons. The number of carbonyl (C=O) groups excluding carboxylic acids is 1. The summed E-state index contributed by atoms with van der Waals surface area (Å²) in [6, 6.07) is -0.268. The third-order valence-electron chi connectivity index (χ3n) is 4.44. The van der Waals surface area contributed by atoms with Crippen molar-refractivity contribution in [1.29, 1.82) is 0 Å². The lowest BCUT2D eigenvalue weighted by atomic mass is 9.84. The molecular weight excluding hydrogens is 270 g/mol. The van der Waals surface area contributed by atoms with E-state index in [2.05, 4.69) is 10.4 Å². The molecular formula is C15H21N3O3. The third kappa shape index (κ3) is 3.43. The van der Waals surface area contributed by atoms with Gasteiger partial charge in [0.2, 0.25) is 0 Å². The summed E-state index contributed by atoms with van der Waals surface area (Å²) < 4.78 is 1.81. The summed E-state index contributed by atoms with van der Waals surface area (Å²) in [6.45, 7) is 0.870. The Hall–Kier alpha value is -1.85. The Bertz CT molecular complexity index is 536. The topological polar surface area (TPSA) is 84.2 Å². The molecule has 0 bridgehead atoms. The summed E-state index contributed by atoms with van der Waals surface area (Å²) in [5, 5.41) is 16.3. The number of carboxylic acids is 1. The average molecular weight is 291 g/mol. The second-order valence-corrected chi connectivity index (χ2v) is 6.20. The van der Waals surface area contributed by atoms with Crippen molar-refractivity contribution in [2.24, 2.45) is 11.8 Å². The van der Waals surface area contributed by atoms with E-state index >= 15 is 0 Å². The highest BCUT2D eigenvalue weighted by atomic mass is 16.4. The van der Waals surface area contributed by atoms with E-state index in [0.717, 1.165) is 25.8 Å². The number of hydrogen-bond donors (Lipinski definition) is 2. The van der Waals surface area contributed by atoms with Gasteiger partial charge in [-0.3, -0.25) is 14.3 Å². The van der Waals surface area contributed by atoms with Gasteiger partial charge in [0.25, 0.3) is 5.91 Å². The minimum absolute atomic E-state index is 0.213. The highest BCUT2D eigenvalue weighted by Crippen LogP contribution is 2.30. The van der Waals surface area contributed by atoms with Crippen LogP contribution in [-0.4, -0.2) is 32.8 Å². The van der Waals surface area contributed by atoms with E-state index in [9.17, 15) is 14.7 Å². The predicted octanol–water partition coefficient (Wildman–Crippen LogP) is 1.67. The second-order valence-electron chi connectivity index (χ2n) is 6.20. The summed E-state index contributed by atoms with van der Waals surface area (Å²) in [7, 11) is 0. The quantitative estimate of drug-likeness (QED) is 0.864. The normalized spacial score (nSPS) is 25.5. The van der Waals surface area contributed by atoms with Gasteiger partial charge in [0, 0.05) is 18.8 Å². The lowest BCUT2D eigenvalue weighted by molar-refractivity contribution is -0.143.